The summed E-state index contributed by atoms with van der Waals surface area (Å²) in [4.78, 5) is 22.4. The van der Waals surface area contributed by atoms with E-state index < -0.39 is 5.12 Å². The SMILES string of the molecule is Cc1nc(Nc2cc(C3(Cl)Nc4ccccc4N3)ncn2)cc(N2CCN(CCO)CC2)n1. The van der Waals surface area contributed by atoms with Crippen LogP contribution in [0.5, 0.6) is 0 Å². The fourth-order valence-electron chi connectivity index (χ4n) is 4.10. The van der Waals surface area contributed by atoms with Gasteiger partial charge >= 0.3 is 0 Å². The molecule has 4 N–H and O–H groups in total. The van der Waals surface area contributed by atoms with Crippen LogP contribution < -0.4 is 20.9 Å². The minimum Gasteiger partial charge on any atom is -0.395 e. The van der Waals surface area contributed by atoms with Crippen LogP contribution in [0, 0.1) is 6.92 Å². The van der Waals surface area contributed by atoms with Crippen molar-refractivity contribution in [2.24, 2.45) is 0 Å². The van der Waals surface area contributed by atoms with E-state index in [9.17, 15) is 0 Å². The molecule has 0 spiro atoms. The Morgan fingerprint density at radius 3 is 2.45 bits per heavy atom. The minimum absolute atomic E-state index is 0.183. The van der Waals surface area contributed by atoms with Crippen LogP contribution in [0.1, 0.15) is 11.5 Å². The number of nitrogens with zero attached hydrogens (tertiary/aromatic N) is 6. The summed E-state index contributed by atoms with van der Waals surface area (Å²) >= 11 is 6.83. The van der Waals surface area contributed by atoms with Gasteiger partial charge in [-0.2, -0.15) is 0 Å². The summed E-state index contributed by atoms with van der Waals surface area (Å²) in [5, 5.41) is 17.9. The largest absolute Gasteiger partial charge is 0.395 e. The summed E-state index contributed by atoms with van der Waals surface area (Å²) in [5.41, 5.74) is 2.41. The van der Waals surface area contributed by atoms with Crippen LogP contribution in [0.2, 0.25) is 0 Å². The Balaban J connectivity index is 1.32. The lowest BCUT2D eigenvalue weighted by Gasteiger charge is -2.35. The molecule has 0 saturated carbocycles. The van der Waals surface area contributed by atoms with Crippen LogP contribution >= 0.6 is 11.6 Å². The first-order valence-electron chi connectivity index (χ1n) is 10.9. The van der Waals surface area contributed by atoms with Gasteiger partial charge in [-0.25, -0.2) is 19.9 Å². The van der Waals surface area contributed by atoms with Crippen molar-refractivity contribution in [2.45, 2.75) is 12.0 Å². The minimum atomic E-state index is -1.07. The highest BCUT2D eigenvalue weighted by Gasteiger charge is 2.37. The van der Waals surface area contributed by atoms with Crippen molar-refractivity contribution in [3.05, 3.63) is 54.2 Å². The summed E-state index contributed by atoms with van der Waals surface area (Å²) in [6, 6.07) is 11.5. The van der Waals surface area contributed by atoms with Crippen LogP contribution in [-0.4, -0.2) is 69.3 Å². The number of para-hydroxylation sites is 2. The molecule has 0 unspecified atom stereocenters. The molecule has 0 radical (unpaired) electrons. The maximum absolute atomic E-state index is 9.15. The zero-order chi connectivity index (χ0) is 22.8. The van der Waals surface area contributed by atoms with Crippen LogP contribution in [0.15, 0.2) is 42.7 Å². The molecule has 1 saturated heterocycles. The third-order valence-electron chi connectivity index (χ3n) is 5.75. The van der Waals surface area contributed by atoms with Gasteiger partial charge in [-0.1, -0.05) is 23.7 Å². The number of fused-ring (bicyclic) bond motifs is 1. The number of aliphatic hydroxyl groups excluding tert-OH is 1. The Morgan fingerprint density at radius 1 is 1.03 bits per heavy atom. The maximum atomic E-state index is 9.15. The molecule has 10 nitrogen and oxygen atoms in total. The highest BCUT2D eigenvalue weighted by atomic mass is 35.5. The summed E-state index contributed by atoms with van der Waals surface area (Å²) in [7, 11) is 0. The van der Waals surface area contributed by atoms with Crippen LogP contribution in [0.3, 0.4) is 0 Å². The molecule has 172 valence electrons. The van der Waals surface area contributed by atoms with Gasteiger partial charge < -0.3 is 26.0 Å². The quantitative estimate of drug-likeness (QED) is 0.318. The van der Waals surface area contributed by atoms with Gasteiger partial charge in [0.05, 0.1) is 18.0 Å². The zero-order valence-corrected chi connectivity index (χ0v) is 19.0. The molecular weight excluding hydrogens is 442 g/mol. The van der Waals surface area contributed by atoms with Gasteiger partial charge in [-0.3, -0.25) is 4.90 Å². The van der Waals surface area contributed by atoms with Crippen molar-refractivity contribution < 1.29 is 5.11 Å². The number of halogens is 1. The third kappa shape index (κ3) is 4.63. The second-order valence-corrected chi connectivity index (χ2v) is 8.65. The number of aromatic nitrogens is 4. The van der Waals surface area contributed by atoms with Crippen molar-refractivity contribution in [1.29, 1.82) is 0 Å². The Bertz CT molecular complexity index is 1110. The van der Waals surface area contributed by atoms with Crippen molar-refractivity contribution in [3.8, 4) is 0 Å². The highest BCUT2D eigenvalue weighted by Crippen LogP contribution is 2.41. The number of hydrogen-bond donors (Lipinski definition) is 4. The fourth-order valence-corrected chi connectivity index (χ4v) is 4.40. The molecule has 33 heavy (non-hydrogen) atoms. The number of benzene rings is 1. The molecular formula is C22H26ClN9O. The van der Waals surface area contributed by atoms with Crippen molar-refractivity contribution >= 4 is 40.4 Å². The lowest BCUT2D eigenvalue weighted by molar-refractivity contribution is 0.188. The van der Waals surface area contributed by atoms with E-state index in [-0.39, 0.29) is 6.61 Å². The average Bonchev–Trinajstić information content (AvgIpc) is 3.17. The van der Waals surface area contributed by atoms with Crippen LogP contribution in [0.25, 0.3) is 0 Å². The number of aliphatic hydroxyl groups is 1. The van der Waals surface area contributed by atoms with E-state index in [2.05, 4.69) is 45.7 Å². The molecule has 3 aromatic rings. The summed E-state index contributed by atoms with van der Waals surface area (Å²) in [5.74, 6) is 2.77. The molecule has 0 aliphatic carbocycles. The average molecular weight is 468 g/mol. The topological polar surface area (TPSA) is 114 Å². The predicted octanol–water partition coefficient (Wildman–Crippen LogP) is 2.32. The maximum Gasteiger partial charge on any atom is 0.230 e. The van der Waals surface area contributed by atoms with E-state index >= 15 is 0 Å². The monoisotopic (exact) mass is 467 g/mol. The van der Waals surface area contributed by atoms with Gasteiger partial charge in [0.15, 0.2) is 0 Å². The van der Waals surface area contributed by atoms with E-state index in [1.165, 1.54) is 6.33 Å². The van der Waals surface area contributed by atoms with Gasteiger partial charge in [0.1, 0.15) is 35.3 Å². The highest BCUT2D eigenvalue weighted by molar-refractivity contribution is 6.27. The molecule has 2 aromatic heterocycles. The smallest absolute Gasteiger partial charge is 0.230 e. The van der Waals surface area contributed by atoms with Crippen molar-refractivity contribution in [1.82, 2.24) is 24.8 Å². The molecule has 0 bridgehead atoms. The van der Waals surface area contributed by atoms with E-state index in [0.717, 1.165) is 43.4 Å². The van der Waals surface area contributed by atoms with E-state index in [1.54, 1.807) is 6.07 Å². The first kappa shape index (κ1) is 21.6. The predicted molar refractivity (Wildman–Crippen MR) is 129 cm³/mol. The fraction of sp³-hybridized carbons (Fsp3) is 0.364. The molecule has 2 aliphatic rings. The molecule has 1 aromatic carbocycles. The first-order chi connectivity index (χ1) is 16.0. The Kier molecular flexibility index (Phi) is 5.88. The van der Waals surface area contributed by atoms with Gasteiger partial charge in [-0.05, 0) is 19.1 Å². The van der Waals surface area contributed by atoms with E-state index in [1.807, 2.05) is 37.3 Å². The molecule has 2 aliphatic heterocycles. The lowest BCUT2D eigenvalue weighted by atomic mass is 10.3. The summed E-state index contributed by atoms with van der Waals surface area (Å²) in [6.07, 6.45) is 1.48. The normalized spacial score (nSPS) is 17.2. The summed E-state index contributed by atoms with van der Waals surface area (Å²) < 4.78 is 0. The number of alkyl halides is 1. The number of aryl methyl sites for hydroxylation is 1. The number of rotatable bonds is 6. The third-order valence-corrected chi connectivity index (χ3v) is 6.14. The van der Waals surface area contributed by atoms with Crippen molar-refractivity contribution in [2.75, 3.05) is 60.2 Å². The second-order valence-electron chi connectivity index (χ2n) is 8.08. The molecule has 0 atom stereocenters. The zero-order valence-electron chi connectivity index (χ0n) is 18.3. The van der Waals surface area contributed by atoms with Crippen molar-refractivity contribution in [3.63, 3.8) is 0 Å². The molecule has 11 heteroatoms. The number of piperazine rings is 1. The number of nitrogens with one attached hydrogen (secondary N) is 3. The Morgan fingerprint density at radius 2 is 1.76 bits per heavy atom. The Labute approximate surface area is 197 Å². The van der Waals surface area contributed by atoms with Gasteiger partial charge in [-0.15, -0.1) is 0 Å². The lowest BCUT2D eigenvalue weighted by Crippen LogP contribution is -2.47. The van der Waals surface area contributed by atoms with Crippen LogP contribution in [0.4, 0.5) is 28.8 Å². The van der Waals surface area contributed by atoms with E-state index in [0.29, 0.717) is 29.7 Å². The standard InChI is InChI=1S/C22H26ClN9O/c1-15-26-20(13-21(27-15)32-8-6-31(7-9-32)10-11-33)28-19-12-18(24-14-25-19)22(23)29-16-4-2-3-5-17(16)30-22/h2-5,12-14,29-30,33H,6-11H2,1H3,(H,24,25,26,27,28). The van der Waals surface area contributed by atoms with Gasteiger partial charge in [0.25, 0.3) is 0 Å². The molecule has 5 rings (SSSR count). The second kappa shape index (κ2) is 8.97. The van der Waals surface area contributed by atoms with Gasteiger partial charge in [0, 0.05) is 44.9 Å². The molecule has 1 fully saturated rings. The Hall–Kier alpha value is -3.21. The summed E-state index contributed by atoms with van der Waals surface area (Å²) in [6.45, 7) is 6.24. The first-order valence-corrected chi connectivity index (χ1v) is 11.3. The van der Waals surface area contributed by atoms with Crippen LogP contribution in [-0.2, 0) is 5.12 Å². The molecule has 0 amide bonds. The number of anilines is 5. The van der Waals surface area contributed by atoms with Gasteiger partial charge in [0.2, 0.25) is 5.12 Å². The molecule has 4 heterocycles. The number of hydrogen-bond acceptors (Lipinski definition) is 10. The van der Waals surface area contributed by atoms with E-state index in [4.69, 9.17) is 16.7 Å². The number of β-amino-alcohol motifs (C(OH)–C–C–N with tert-alkyl or cyclic N) is 1.